The minimum absolute atomic E-state index is 0.0821. The van der Waals surface area contributed by atoms with Crippen molar-refractivity contribution in [3.8, 4) is 0 Å². The molecule has 0 aliphatic carbocycles. The first-order chi connectivity index (χ1) is 12.1. The number of carbonyl (C=O) groups excluding carboxylic acids is 3. The number of aromatic nitrogens is 1. The molecule has 0 fully saturated rings. The summed E-state index contributed by atoms with van der Waals surface area (Å²) in [4.78, 5) is 41.8. The number of nitrogens with zero attached hydrogens (tertiary/aromatic N) is 2. The zero-order chi connectivity index (χ0) is 17.8. The van der Waals surface area contributed by atoms with E-state index in [9.17, 15) is 14.4 Å². The Morgan fingerprint density at radius 1 is 1.20 bits per heavy atom. The molecule has 7 nitrogen and oxygen atoms in total. The highest BCUT2D eigenvalue weighted by molar-refractivity contribution is 7.13. The summed E-state index contributed by atoms with van der Waals surface area (Å²) in [6.07, 6.45) is 0.723. The summed E-state index contributed by atoms with van der Waals surface area (Å²) in [6.45, 7) is 0.548. The minimum atomic E-state index is -0.338. The van der Waals surface area contributed by atoms with Crippen LogP contribution in [0.2, 0.25) is 0 Å². The van der Waals surface area contributed by atoms with Crippen LogP contribution >= 0.6 is 11.3 Å². The maximum absolute atomic E-state index is 12.2. The number of imide groups is 1. The van der Waals surface area contributed by atoms with Crippen molar-refractivity contribution in [2.75, 3.05) is 25.5 Å². The number of amides is 3. The summed E-state index contributed by atoms with van der Waals surface area (Å²) >= 11 is 1.51. The van der Waals surface area contributed by atoms with E-state index < -0.39 is 0 Å². The zero-order valence-electron chi connectivity index (χ0n) is 13.7. The van der Waals surface area contributed by atoms with Crippen LogP contribution in [0.3, 0.4) is 0 Å². The highest BCUT2D eigenvalue weighted by atomic mass is 32.1. The summed E-state index contributed by atoms with van der Waals surface area (Å²) in [5.41, 5.74) is 1.71. The summed E-state index contributed by atoms with van der Waals surface area (Å²) in [5.74, 6) is -0.869. The number of anilines is 1. The lowest BCUT2D eigenvalue weighted by Gasteiger charge is -2.13. The Hall–Kier alpha value is -2.74. The molecule has 0 bridgehead atoms. The van der Waals surface area contributed by atoms with Gasteiger partial charge in [-0.2, -0.15) is 0 Å². The Labute approximate surface area is 149 Å². The van der Waals surface area contributed by atoms with Gasteiger partial charge in [0.15, 0.2) is 5.13 Å². The molecule has 25 heavy (non-hydrogen) atoms. The molecule has 0 atom stereocenters. The number of hydrogen-bond donors (Lipinski definition) is 2. The number of benzene rings is 1. The largest absolute Gasteiger partial charge is 0.365 e. The van der Waals surface area contributed by atoms with Gasteiger partial charge in [0.25, 0.3) is 11.8 Å². The summed E-state index contributed by atoms with van der Waals surface area (Å²) in [6, 6.07) is 6.70. The Balaban J connectivity index is 1.45. The maximum Gasteiger partial charge on any atom is 0.261 e. The average Bonchev–Trinajstić information content (AvgIpc) is 3.18. The van der Waals surface area contributed by atoms with Gasteiger partial charge >= 0.3 is 0 Å². The average molecular weight is 358 g/mol. The number of thiazole rings is 1. The molecule has 2 N–H and O–H groups in total. The van der Waals surface area contributed by atoms with Gasteiger partial charge in [0.05, 0.1) is 16.8 Å². The quantitative estimate of drug-likeness (QED) is 0.733. The maximum atomic E-state index is 12.2. The van der Waals surface area contributed by atoms with Crippen LogP contribution in [-0.4, -0.2) is 47.7 Å². The molecule has 3 rings (SSSR count). The summed E-state index contributed by atoms with van der Waals surface area (Å²) in [7, 11) is 1.81. The topological polar surface area (TPSA) is 91.4 Å². The first-order valence-corrected chi connectivity index (χ1v) is 8.82. The molecule has 0 radical (unpaired) electrons. The highest BCUT2D eigenvalue weighted by Gasteiger charge is 2.34. The van der Waals surface area contributed by atoms with Gasteiger partial charge in [-0.15, -0.1) is 11.3 Å². The van der Waals surface area contributed by atoms with Crippen LogP contribution in [0.15, 0.2) is 29.6 Å². The number of rotatable bonds is 7. The van der Waals surface area contributed by atoms with Gasteiger partial charge < -0.3 is 10.6 Å². The van der Waals surface area contributed by atoms with Crippen molar-refractivity contribution in [2.24, 2.45) is 0 Å². The molecule has 1 aliphatic heterocycles. The van der Waals surface area contributed by atoms with Gasteiger partial charge in [0.1, 0.15) is 0 Å². The van der Waals surface area contributed by atoms with Gasteiger partial charge in [0, 0.05) is 38.4 Å². The molecule has 3 amide bonds. The van der Waals surface area contributed by atoms with Gasteiger partial charge in [-0.3, -0.25) is 19.3 Å². The Morgan fingerprint density at radius 2 is 1.88 bits per heavy atom. The van der Waals surface area contributed by atoms with Crippen LogP contribution in [0.5, 0.6) is 0 Å². The second-order valence-electron chi connectivity index (χ2n) is 5.55. The molecular weight excluding hydrogens is 340 g/mol. The van der Waals surface area contributed by atoms with Crippen molar-refractivity contribution in [3.63, 3.8) is 0 Å². The van der Waals surface area contributed by atoms with E-state index in [2.05, 4.69) is 15.6 Å². The van der Waals surface area contributed by atoms with E-state index in [0.29, 0.717) is 24.1 Å². The minimum Gasteiger partial charge on any atom is -0.365 e. The molecule has 2 aromatic rings. The monoisotopic (exact) mass is 358 g/mol. The Kier molecular flexibility index (Phi) is 5.08. The molecular formula is C17H18N4O3S. The van der Waals surface area contributed by atoms with E-state index in [-0.39, 0.29) is 30.7 Å². The third kappa shape index (κ3) is 3.69. The van der Waals surface area contributed by atoms with Crippen molar-refractivity contribution < 1.29 is 14.4 Å². The van der Waals surface area contributed by atoms with E-state index in [1.807, 2.05) is 12.4 Å². The van der Waals surface area contributed by atoms with Crippen LogP contribution in [0.1, 0.15) is 32.8 Å². The predicted molar refractivity (Wildman–Crippen MR) is 94.8 cm³/mol. The van der Waals surface area contributed by atoms with Gasteiger partial charge in [-0.25, -0.2) is 4.98 Å². The first-order valence-electron chi connectivity index (χ1n) is 7.94. The number of hydrogen-bond acceptors (Lipinski definition) is 6. The van der Waals surface area contributed by atoms with E-state index >= 15 is 0 Å². The number of carbonyl (C=O) groups is 3. The third-order valence-electron chi connectivity index (χ3n) is 3.91. The van der Waals surface area contributed by atoms with Crippen LogP contribution in [-0.2, 0) is 11.2 Å². The van der Waals surface area contributed by atoms with Crippen LogP contribution in [0, 0.1) is 0 Å². The molecule has 2 heterocycles. The van der Waals surface area contributed by atoms with E-state index in [1.165, 1.54) is 11.3 Å². The van der Waals surface area contributed by atoms with E-state index in [4.69, 9.17) is 0 Å². The fourth-order valence-electron chi connectivity index (χ4n) is 2.61. The first kappa shape index (κ1) is 17.1. The van der Waals surface area contributed by atoms with Crippen LogP contribution < -0.4 is 10.6 Å². The van der Waals surface area contributed by atoms with Gasteiger partial charge in [-0.05, 0) is 12.1 Å². The Bertz CT molecular complexity index is 783. The zero-order valence-corrected chi connectivity index (χ0v) is 14.6. The van der Waals surface area contributed by atoms with Crippen molar-refractivity contribution in [3.05, 3.63) is 46.5 Å². The normalized spacial score (nSPS) is 13.1. The lowest BCUT2D eigenvalue weighted by molar-refractivity contribution is -0.121. The summed E-state index contributed by atoms with van der Waals surface area (Å²) in [5, 5.41) is 8.53. The van der Waals surface area contributed by atoms with E-state index in [0.717, 1.165) is 15.7 Å². The van der Waals surface area contributed by atoms with Gasteiger partial charge in [0.2, 0.25) is 5.91 Å². The fraction of sp³-hybridized carbons (Fsp3) is 0.294. The molecule has 8 heteroatoms. The molecule has 0 unspecified atom stereocenters. The summed E-state index contributed by atoms with van der Waals surface area (Å²) < 4.78 is 0. The SMILES string of the molecule is CNc1nc(CCNC(=O)CCN2C(=O)c3ccccc3C2=O)cs1. The lowest BCUT2D eigenvalue weighted by Crippen LogP contribution is -2.35. The number of nitrogens with one attached hydrogen (secondary N) is 2. The molecule has 1 aromatic carbocycles. The van der Waals surface area contributed by atoms with Gasteiger partial charge in [-0.1, -0.05) is 12.1 Å². The second-order valence-corrected chi connectivity index (χ2v) is 6.41. The third-order valence-corrected chi connectivity index (χ3v) is 4.82. The standard InChI is InChI=1S/C17H18N4O3S/c1-18-17-20-11(10-25-17)6-8-19-14(22)7-9-21-15(23)12-4-2-3-5-13(12)16(21)24/h2-5,10H,6-9H2,1H3,(H,18,20)(H,19,22). The predicted octanol–water partition coefficient (Wildman–Crippen LogP) is 1.53. The number of fused-ring (bicyclic) bond motifs is 1. The van der Waals surface area contributed by atoms with Crippen LogP contribution in [0.4, 0.5) is 5.13 Å². The van der Waals surface area contributed by atoms with Crippen LogP contribution in [0.25, 0.3) is 0 Å². The molecule has 1 aliphatic rings. The highest BCUT2D eigenvalue weighted by Crippen LogP contribution is 2.22. The van der Waals surface area contributed by atoms with Crippen molar-refractivity contribution in [1.82, 2.24) is 15.2 Å². The van der Waals surface area contributed by atoms with Crippen molar-refractivity contribution >= 4 is 34.2 Å². The van der Waals surface area contributed by atoms with Crippen molar-refractivity contribution in [2.45, 2.75) is 12.8 Å². The fourth-order valence-corrected chi connectivity index (χ4v) is 3.32. The van der Waals surface area contributed by atoms with Crippen molar-refractivity contribution in [1.29, 1.82) is 0 Å². The smallest absolute Gasteiger partial charge is 0.261 e. The second kappa shape index (κ2) is 7.43. The Morgan fingerprint density at radius 3 is 2.48 bits per heavy atom. The lowest BCUT2D eigenvalue weighted by atomic mass is 10.1. The molecule has 0 saturated carbocycles. The molecule has 1 aromatic heterocycles. The van der Waals surface area contributed by atoms with E-state index in [1.54, 1.807) is 24.3 Å². The molecule has 130 valence electrons. The molecule has 0 spiro atoms. The molecule has 0 saturated heterocycles.